The van der Waals surface area contributed by atoms with E-state index in [1.807, 2.05) is 0 Å². The van der Waals surface area contributed by atoms with Crippen molar-refractivity contribution in [2.45, 2.75) is 46.0 Å². The highest BCUT2D eigenvalue weighted by Gasteiger charge is 2.28. The average molecular weight is 640 g/mol. The van der Waals surface area contributed by atoms with E-state index in [0.717, 1.165) is 54.3 Å². The molecule has 2 N–H and O–H groups in total. The number of nitro benzene ring substituents is 2. The van der Waals surface area contributed by atoms with Gasteiger partial charge >= 0.3 is 23.5 Å². The van der Waals surface area contributed by atoms with Crippen molar-refractivity contribution in [2.24, 2.45) is 5.10 Å². The fourth-order valence-corrected chi connectivity index (χ4v) is 5.82. The summed E-state index contributed by atoms with van der Waals surface area (Å²) in [6, 6.07) is 7.41. The topological polar surface area (TPSA) is 202 Å². The molecule has 2 aromatic carbocycles. The van der Waals surface area contributed by atoms with Gasteiger partial charge in [0, 0.05) is 10.9 Å². The highest BCUT2D eigenvalue weighted by atomic mass is 32.1. The molecule has 0 aliphatic heterocycles. The van der Waals surface area contributed by atoms with E-state index >= 15 is 0 Å². The van der Waals surface area contributed by atoms with E-state index in [1.165, 1.54) is 35.8 Å². The van der Waals surface area contributed by atoms with E-state index in [0.29, 0.717) is 12.0 Å². The van der Waals surface area contributed by atoms with Crippen LogP contribution in [-0.4, -0.2) is 47.1 Å². The number of carbonyl (C=O) groups excluding carboxylic acids is 3. The normalized spacial score (nSPS) is 12.5. The first-order valence-electron chi connectivity index (χ1n) is 14.0. The third-order valence-corrected chi connectivity index (χ3v) is 7.76. The minimum absolute atomic E-state index is 0.0844. The molecule has 0 saturated carbocycles. The Hall–Kier alpha value is -5.38. The van der Waals surface area contributed by atoms with E-state index < -0.39 is 39.0 Å². The highest BCUT2D eigenvalue weighted by molar-refractivity contribution is 7.17. The van der Waals surface area contributed by atoms with Crippen LogP contribution in [0.15, 0.2) is 41.5 Å². The summed E-state index contributed by atoms with van der Waals surface area (Å²) >= 11 is 1.26. The molecular formula is C29H29N5O10S. The Morgan fingerprint density at radius 2 is 1.69 bits per heavy atom. The summed E-state index contributed by atoms with van der Waals surface area (Å²) < 4.78 is 16.5. The molecule has 45 heavy (non-hydrogen) atoms. The Morgan fingerprint density at radius 1 is 0.933 bits per heavy atom. The van der Waals surface area contributed by atoms with Crippen LogP contribution in [-0.2, 0) is 27.2 Å². The zero-order valence-electron chi connectivity index (χ0n) is 24.3. The standard InChI is InChI=1S/C29H29N5O10S/c1-3-42-23-14-17(10-12-22(23)44-21-13-11-18(33(38)39)15-20(21)34(40)41)16-30-32-27(36)26(35)31-28-25(29(37)43-4-2)19-8-6-5-7-9-24(19)45-28/h10-16H,3-9H2,1-2H3,(H,31,35)(H,32,36)/b30-16+. The van der Waals surface area contributed by atoms with Crippen LogP contribution in [0.2, 0.25) is 0 Å². The van der Waals surface area contributed by atoms with Crippen molar-refractivity contribution >= 4 is 51.7 Å². The fraction of sp³-hybridized carbons (Fsp3) is 0.310. The molecule has 3 aromatic rings. The van der Waals surface area contributed by atoms with Gasteiger partial charge in [0.1, 0.15) is 5.00 Å². The summed E-state index contributed by atoms with van der Waals surface area (Å²) in [5.41, 5.74) is 2.62. The monoisotopic (exact) mass is 639 g/mol. The second-order valence-corrected chi connectivity index (χ2v) is 10.7. The largest absolute Gasteiger partial charge is 0.490 e. The van der Waals surface area contributed by atoms with Crippen LogP contribution in [0.4, 0.5) is 16.4 Å². The average Bonchev–Trinajstić information content (AvgIpc) is 3.18. The van der Waals surface area contributed by atoms with E-state index in [-0.39, 0.29) is 41.0 Å². The number of non-ortho nitro benzene ring substituents is 1. The number of benzene rings is 2. The molecule has 0 radical (unpaired) electrons. The van der Waals surface area contributed by atoms with Gasteiger partial charge in [-0.3, -0.25) is 29.8 Å². The lowest BCUT2D eigenvalue weighted by molar-refractivity contribution is -0.394. The number of rotatable bonds is 11. The van der Waals surface area contributed by atoms with E-state index in [2.05, 4.69) is 15.8 Å². The second kappa shape index (κ2) is 14.9. The minimum Gasteiger partial charge on any atom is -0.490 e. The van der Waals surface area contributed by atoms with E-state index in [4.69, 9.17) is 14.2 Å². The summed E-state index contributed by atoms with van der Waals surface area (Å²) in [6.45, 7) is 3.77. The number of thiophene rings is 1. The van der Waals surface area contributed by atoms with Gasteiger partial charge in [-0.1, -0.05) is 6.42 Å². The van der Waals surface area contributed by atoms with Crippen LogP contribution in [0.3, 0.4) is 0 Å². The Bertz CT molecular complexity index is 1670. The van der Waals surface area contributed by atoms with Crippen molar-refractivity contribution in [3.05, 3.63) is 78.2 Å². The molecule has 236 valence electrons. The molecule has 0 saturated heterocycles. The molecule has 15 nitrogen and oxygen atoms in total. The van der Waals surface area contributed by atoms with Gasteiger partial charge in [-0.2, -0.15) is 5.10 Å². The summed E-state index contributed by atoms with van der Waals surface area (Å²) in [5.74, 6) is -2.62. The first-order chi connectivity index (χ1) is 21.6. The molecule has 0 atom stereocenters. The molecule has 0 bridgehead atoms. The van der Waals surface area contributed by atoms with Crippen LogP contribution in [0.5, 0.6) is 17.2 Å². The first-order valence-corrected chi connectivity index (χ1v) is 14.8. The zero-order chi connectivity index (χ0) is 32.5. The van der Waals surface area contributed by atoms with Gasteiger partial charge in [-0.15, -0.1) is 11.3 Å². The van der Waals surface area contributed by atoms with Crippen LogP contribution >= 0.6 is 11.3 Å². The van der Waals surface area contributed by atoms with Gasteiger partial charge < -0.3 is 19.5 Å². The third kappa shape index (κ3) is 7.97. The highest BCUT2D eigenvalue weighted by Crippen LogP contribution is 2.39. The Labute approximate surface area is 260 Å². The number of carbonyl (C=O) groups is 3. The lowest BCUT2D eigenvalue weighted by Gasteiger charge is -2.12. The number of amides is 2. The third-order valence-electron chi connectivity index (χ3n) is 6.55. The van der Waals surface area contributed by atoms with Gasteiger partial charge in [-0.05, 0) is 74.9 Å². The summed E-state index contributed by atoms with van der Waals surface area (Å²) in [7, 11) is 0. The number of hydrogen-bond acceptors (Lipinski definition) is 12. The maximum atomic E-state index is 12.7. The van der Waals surface area contributed by atoms with Crippen LogP contribution in [0.25, 0.3) is 0 Å². The Kier molecular flexibility index (Phi) is 10.8. The number of aryl methyl sites for hydroxylation is 1. The number of ether oxygens (including phenoxy) is 3. The molecule has 4 rings (SSSR count). The fourth-order valence-electron chi connectivity index (χ4n) is 4.55. The summed E-state index contributed by atoms with van der Waals surface area (Å²) in [6.07, 6.45) is 5.61. The van der Waals surface area contributed by atoms with Gasteiger partial charge in [0.15, 0.2) is 11.5 Å². The van der Waals surface area contributed by atoms with Crippen molar-refractivity contribution in [1.82, 2.24) is 5.43 Å². The van der Waals surface area contributed by atoms with Crippen LogP contribution < -0.4 is 20.2 Å². The van der Waals surface area contributed by atoms with Crippen molar-refractivity contribution in [3.8, 4) is 17.2 Å². The zero-order valence-corrected chi connectivity index (χ0v) is 25.1. The Balaban J connectivity index is 1.46. The molecule has 0 fully saturated rings. The quantitative estimate of drug-likeness (QED) is 0.0693. The van der Waals surface area contributed by atoms with E-state index in [1.54, 1.807) is 13.8 Å². The van der Waals surface area contributed by atoms with Gasteiger partial charge in [0.05, 0.1) is 40.9 Å². The predicted octanol–water partition coefficient (Wildman–Crippen LogP) is 5.29. The van der Waals surface area contributed by atoms with Crippen molar-refractivity contribution in [3.63, 3.8) is 0 Å². The van der Waals surface area contributed by atoms with E-state index in [9.17, 15) is 34.6 Å². The number of fused-ring (bicyclic) bond motifs is 1. The molecule has 16 heteroatoms. The SMILES string of the molecule is CCOC(=O)c1c(NC(=O)C(=O)N/N=C/c2ccc(Oc3ccc([N+](=O)[O-])cc3[N+](=O)[O-])c(OCC)c2)sc2c1CCCCC2. The number of nitro groups is 2. The van der Waals surface area contributed by atoms with Crippen LogP contribution in [0.1, 0.15) is 59.5 Å². The van der Waals surface area contributed by atoms with Gasteiger partial charge in [0.25, 0.3) is 5.69 Å². The maximum Gasteiger partial charge on any atom is 0.341 e. The molecule has 1 aliphatic carbocycles. The first kappa shape index (κ1) is 32.5. The maximum absolute atomic E-state index is 12.7. The summed E-state index contributed by atoms with van der Waals surface area (Å²) in [4.78, 5) is 59.9. The number of hydrazone groups is 1. The number of nitrogens with one attached hydrogen (secondary N) is 2. The van der Waals surface area contributed by atoms with Crippen molar-refractivity contribution < 1.29 is 38.4 Å². The Morgan fingerprint density at radius 3 is 2.40 bits per heavy atom. The molecule has 0 spiro atoms. The van der Waals surface area contributed by atoms with Gasteiger partial charge in [-0.25, -0.2) is 10.2 Å². The van der Waals surface area contributed by atoms with Crippen molar-refractivity contribution in [2.75, 3.05) is 18.5 Å². The molecule has 1 heterocycles. The van der Waals surface area contributed by atoms with Crippen molar-refractivity contribution in [1.29, 1.82) is 0 Å². The second-order valence-electron chi connectivity index (χ2n) is 9.55. The molecule has 1 aromatic heterocycles. The molecule has 0 unspecified atom stereocenters. The molecule has 1 aliphatic rings. The number of hydrogen-bond donors (Lipinski definition) is 2. The molecule has 2 amide bonds. The lowest BCUT2D eigenvalue weighted by Crippen LogP contribution is -2.32. The summed E-state index contributed by atoms with van der Waals surface area (Å²) in [5, 5.41) is 29.1. The molecular weight excluding hydrogens is 610 g/mol. The number of esters is 1. The van der Waals surface area contributed by atoms with Crippen LogP contribution in [0, 0.1) is 20.2 Å². The smallest absolute Gasteiger partial charge is 0.341 e. The predicted molar refractivity (Wildman–Crippen MR) is 163 cm³/mol. The number of anilines is 1. The minimum atomic E-state index is -1.07. The lowest BCUT2D eigenvalue weighted by atomic mass is 10.1. The van der Waals surface area contributed by atoms with Gasteiger partial charge in [0.2, 0.25) is 5.75 Å². The number of nitrogens with zero attached hydrogens (tertiary/aromatic N) is 3.